The molecule has 1 heterocycles. The molecule has 0 saturated carbocycles. The van der Waals surface area contributed by atoms with Crippen molar-refractivity contribution in [1.29, 1.82) is 0 Å². The van der Waals surface area contributed by atoms with Gasteiger partial charge in [0.05, 0.1) is 0 Å². The van der Waals surface area contributed by atoms with Gasteiger partial charge in [-0.2, -0.15) is 0 Å². The van der Waals surface area contributed by atoms with Crippen molar-refractivity contribution >= 4 is 0 Å². The molecule has 0 radical (unpaired) electrons. The zero-order valence-corrected chi connectivity index (χ0v) is 9.69. The second kappa shape index (κ2) is 4.45. The van der Waals surface area contributed by atoms with Gasteiger partial charge in [-0.3, -0.25) is 0 Å². The Bertz CT molecular complexity index is 155. The van der Waals surface area contributed by atoms with Crippen LogP contribution in [0.1, 0.15) is 53.4 Å². The Hall–Kier alpha value is -0.0400. The van der Waals surface area contributed by atoms with Gasteiger partial charge in [0.2, 0.25) is 0 Å². The molecule has 1 N–H and O–H groups in total. The lowest BCUT2D eigenvalue weighted by molar-refractivity contribution is 0.233. The second-order valence-corrected chi connectivity index (χ2v) is 5.01. The fraction of sp³-hybridized carbons (Fsp3) is 1.00. The molecule has 13 heavy (non-hydrogen) atoms. The average molecular weight is 183 g/mol. The molecule has 78 valence electrons. The molecule has 0 aromatic rings. The lowest BCUT2D eigenvalue weighted by Gasteiger charge is -2.31. The van der Waals surface area contributed by atoms with E-state index in [-0.39, 0.29) is 0 Å². The summed E-state index contributed by atoms with van der Waals surface area (Å²) in [5, 5.41) is 3.66. The van der Waals surface area contributed by atoms with E-state index in [2.05, 4.69) is 33.0 Å². The summed E-state index contributed by atoms with van der Waals surface area (Å²) in [6.45, 7) is 10.7. The second-order valence-electron chi connectivity index (χ2n) is 5.01. The first-order valence-corrected chi connectivity index (χ1v) is 5.85. The van der Waals surface area contributed by atoms with Gasteiger partial charge in [0.25, 0.3) is 0 Å². The molecule has 1 fully saturated rings. The molecule has 1 rings (SSSR count). The summed E-state index contributed by atoms with van der Waals surface area (Å²) in [5.74, 6) is 0.876. The molecule has 0 amide bonds. The normalized spacial score (nSPS) is 36.5. The van der Waals surface area contributed by atoms with Crippen molar-refractivity contribution < 1.29 is 0 Å². The van der Waals surface area contributed by atoms with Gasteiger partial charge in [-0.1, -0.05) is 34.1 Å². The number of rotatable bonds is 4. The van der Waals surface area contributed by atoms with Gasteiger partial charge in [-0.05, 0) is 37.1 Å². The highest BCUT2D eigenvalue weighted by Crippen LogP contribution is 2.37. The first-order valence-electron chi connectivity index (χ1n) is 5.85. The number of nitrogens with one attached hydrogen (secondary N) is 1. The molecule has 0 aromatic heterocycles. The van der Waals surface area contributed by atoms with E-state index in [1.807, 2.05) is 0 Å². The summed E-state index contributed by atoms with van der Waals surface area (Å²) >= 11 is 0. The minimum atomic E-state index is 0.573. The van der Waals surface area contributed by atoms with E-state index in [9.17, 15) is 0 Å². The zero-order chi connectivity index (χ0) is 9.90. The summed E-state index contributed by atoms with van der Waals surface area (Å²) in [6, 6.07) is 0.771. The molecule has 1 nitrogen and oxygen atoms in total. The van der Waals surface area contributed by atoms with E-state index in [1.54, 1.807) is 0 Å². The molecule has 3 atom stereocenters. The van der Waals surface area contributed by atoms with E-state index in [0.29, 0.717) is 5.41 Å². The smallest absolute Gasteiger partial charge is 0.0124 e. The van der Waals surface area contributed by atoms with Crippen LogP contribution in [-0.4, -0.2) is 12.6 Å². The highest BCUT2D eigenvalue weighted by atomic mass is 15.0. The van der Waals surface area contributed by atoms with Crippen LogP contribution in [-0.2, 0) is 0 Å². The quantitative estimate of drug-likeness (QED) is 0.706. The first kappa shape index (κ1) is 11.0. The third-order valence-electron chi connectivity index (χ3n) is 4.07. The monoisotopic (exact) mass is 183 g/mol. The van der Waals surface area contributed by atoms with E-state index in [0.717, 1.165) is 12.0 Å². The van der Waals surface area contributed by atoms with Crippen molar-refractivity contribution in [2.45, 2.75) is 59.4 Å². The van der Waals surface area contributed by atoms with Gasteiger partial charge < -0.3 is 5.32 Å². The summed E-state index contributed by atoms with van der Waals surface area (Å²) in [6.07, 6.45) is 5.37. The molecule has 0 aromatic carbocycles. The van der Waals surface area contributed by atoms with Gasteiger partial charge in [-0.15, -0.1) is 0 Å². The molecule has 1 heteroatoms. The van der Waals surface area contributed by atoms with E-state index < -0.39 is 0 Å². The van der Waals surface area contributed by atoms with Crippen molar-refractivity contribution in [3.63, 3.8) is 0 Å². The third-order valence-corrected chi connectivity index (χ3v) is 4.07. The predicted molar refractivity (Wildman–Crippen MR) is 58.9 cm³/mol. The van der Waals surface area contributed by atoms with Crippen LogP contribution in [0.3, 0.4) is 0 Å². The fourth-order valence-electron chi connectivity index (χ4n) is 2.31. The molecule has 1 aliphatic heterocycles. The molecular formula is C12H25N. The van der Waals surface area contributed by atoms with Crippen LogP contribution in [0.15, 0.2) is 0 Å². The molecule has 1 saturated heterocycles. The predicted octanol–water partition coefficient (Wildman–Crippen LogP) is 3.20. The Morgan fingerprint density at radius 2 is 2.15 bits per heavy atom. The average Bonchev–Trinajstić information content (AvgIpc) is 2.49. The zero-order valence-electron chi connectivity index (χ0n) is 9.69. The van der Waals surface area contributed by atoms with Crippen LogP contribution in [0.4, 0.5) is 0 Å². The van der Waals surface area contributed by atoms with Gasteiger partial charge in [0, 0.05) is 6.04 Å². The Morgan fingerprint density at radius 1 is 1.46 bits per heavy atom. The van der Waals surface area contributed by atoms with E-state index in [4.69, 9.17) is 0 Å². The molecule has 1 aliphatic rings. The van der Waals surface area contributed by atoms with Crippen LogP contribution in [0.2, 0.25) is 0 Å². The van der Waals surface area contributed by atoms with Crippen LogP contribution in [0.25, 0.3) is 0 Å². The van der Waals surface area contributed by atoms with Crippen molar-refractivity contribution in [2.24, 2.45) is 11.3 Å². The van der Waals surface area contributed by atoms with Crippen molar-refractivity contribution in [2.75, 3.05) is 6.54 Å². The summed E-state index contributed by atoms with van der Waals surface area (Å²) in [7, 11) is 0. The molecule has 0 aliphatic carbocycles. The summed E-state index contributed by atoms with van der Waals surface area (Å²) < 4.78 is 0. The van der Waals surface area contributed by atoms with Crippen LogP contribution >= 0.6 is 0 Å². The maximum atomic E-state index is 3.66. The van der Waals surface area contributed by atoms with E-state index >= 15 is 0 Å². The molecular weight excluding hydrogens is 158 g/mol. The third kappa shape index (κ3) is 2.46. The maximum absolute atomic E-state index is 3.66. The van der Waals surface area contributed by atoms with Crippen LogP contribution in [0.5, 0.6) is 0 Å². The number of hydrogen-bond acceptors (Lipinski definition) is 1. The van der Waals surface area contributed by atoms with Crippen molar-refractivity contribution in [3.05, 3.63) is 0 Å². The van der Waals surface area contributed by atoms with Crippen molar-refractivity contribution in [1.82, 2.24) is 5.32 Å². The fourth-order valence-corrected chi connectivity index (χ4v) is 2.31. The first-order chi connectivity index (χ1) is 6.12. The van der Waals surface area contributed by atoms with E-state index in [1.165, 1.54) is 32.2 Å². The van der Waals surface area contributed by atoms with Crippen LogP contribution < -0.4 is 5.32 Å². The Kier molecular flexibility index (Phi) is 3.78. The maximum Gasteiger partial charge on any atom is 0.0124 e. The Morgan fingerprint density at radius 3 is 2.69 bits per heavy atom. The largest absolute Gasteiger partial charge is 0.313 e. The van der Waals surface area contributed by atoms with Gasteiger partial charge >= 0.3 is 0 Å². The minimum absolute atomic E-state index is 0.573. The topological polar surface area (TPSA) is 12.0 Å². The highest BCUT2D eigenvalue weighted by molar-refractivity contribution is 4.93. The summed E-state index contributed by atoms with van der Waals surface area (Å²) in [4.78, 5) is 0. The van der Waals surface area contributed by atoms with Gasteiger partial charge in [0.1, 0.15) is 0 Å². The molecule has 0 bridgehead atoms. The van der Waals surface area contributed by atoms with Gasteiger partial charge in [0.15, 0.2) is 0 Å². The Balaban J connectivity index is 2.48. The lowest BCUT2D eigenvalue weighted by atomic mass is 9.76. The Labute approximate surface area is 83.3 Å². The lowest BCUT2D eigenvalue weighted by Crippen LogP contribution is -2.35. The number of hydrogen-bond donors (Lipinski definition) is 1. The van der Waals surface area contributed by atoms with Gasteiger partial charge in [-0.25, -0.2) is 0 Å². The minimum Gasteiger partial charge on any atom is -0.313 e. The molecule has 3 unspecified atom stereocenters. The SMILES string of the molecule is CCC(C)CC1NCCC1(C)CC. The highest BCUT2D eigenvalue weighted by Gasteiger charge is 2.36. The van der Waals surface area contributed by atoms with Crippen molar-refractivity contribution in [3.8, 4) is 0 Å². The molecule has 0 spiro atoms. The van der Waals surface area contributed by atoms with Crippen LogP contribution in [0, 0.1) is 11.3 Å². The standard InChI is InChI=1S/C12H25N/c1-5-10(3)9-11-12(4,6-2)7-8-13-11/h10-11,13H,5-9H2,1-4H3. The summed E-state index contributed by atoms with van der Waals surface area (Å²) in [5.41, 5.74) is 0.573.